The zero-order chi connectivity index (χ0) is 21.8. The number of fused-ring (bicyclic) bond motifs is 1. The molecule has 0 saturated heterocycles. The smallest absolute Gasteiger partial charge is 0.228 e. The van der Waals surface area contributed by atoms with Crippen molar-refractivity contribution in [1.29, 1.82) is 0 Å². The summed E-state index contributed by atoms with van der Waals surface area (Å²) in [6.45, 7) is 4.80. The lowest BCUT2D eigenvalue weighted by Crippen LogP contribution is -2.45. The Bertz CT molecular complexity index is 1090. The van der Waals surface area contributed by atoms with Gasteiger partial charge in [-0.2, -0.15) is 4.98 Å². The molecular weight excluding hydrogens is 541 g/mol. The van der Waals surface area contributed by atoms with E-state index in [2.05, 4.69) is 45.7 Å². The maximum Gasteiger partial charge on any atom is 0.228 e. The van der Waals surface area contributed by atoms with Gasteiger partial charge in [0.2, 0.25) is 11.7 Å². The largest absolute Gasteiger partial charge is 0.487 e. The van der Waals surface area contributed by atoms with Gasteiger partial charge in [-0.25, -0.2) is 0 Å². The van der Waals surface area contributed by atoms with Gasteiger partial charge in [0.05, 0.1) is 6.04 Å². The van der Waals surface area contributed by atoms with Crippen LogP contribution in [0.15, 0.2) is 58.0 Å². The Kier molecular flexibility index (Phi) is 8.00. The molecular formula is C23H27ClIN5O2. The predicted octanol–water partition coefficient (Wildman–Crippen LogP) is 5.02. The molecule has 1 atom stereocenters. The van der Waals surface area contributed by atoms with E-state index >= 15 is 0 Å². The number of nitrogens with one attached hydrogen (secondary N) is 2. The highest BCUT2D eigenvalue weighted by molar-refractivity contribution is 14.0. The fraction of sp³-hybridized carbons (Fsp3) is 0.348. The van der Waals surface area contributed by atoms with Crippen LogP contribution in [0.4, 0.5) is 0 Å². The summed E-state index contributed by atoms with van der Waals surface area (Å²) in [6.07, 6.45) is 1.40. The summed E-state index contributed by atoms with van der Waals surface area (Å²) in [6, 6.07) is 15.6. The van der Waals surface area contributed by atoms with Crippen molar-refractivity contribution in [2.75, 3.05) is 13.6 Å². The minimum Gasteiger partial charge on any atom is -0.487 e. The lowest BCUT2D eigenvalue weighted by atomic mass is 9.90. The Labute approximate surface area is 210 Å². The highest BCUT2D eigenvalue weighted by atomic mass is 127. The lowest BCUT2D eigenvalue weighted by Gasteiger charge is -2.38. The first-order valence-electron chi connectivity index (χ1n) is 10.3. The summed E-state index contributed by atoms with van der Waals surface area (Å²) in [5.74, 6) is 2.70. The van der Waals surface area contributed by atoms with Crippen molar-refractivity contribution in [3.63, 3.8) is 0 Å². The highest BCUT2D eigenvalue weighted by Crippen LogP contribution is 2.39. The quantitative estimate of drug-likeness (QED) is 0.256. The van der Waals surface area contributed by atoms with Gasteiger partial charge in [-0.15, -0.1) is 24.0 Å². The minimum absolute atomic E-state index is 0. The molecule has 9 heteroatoms. The highest BCUT2D eigenvalue weighted by Gasteiger charge is 2.33. The number of aromatic nitrogens is 2. The zero-order valence-corrected chi connectivity index (χ0v) is 21.3. The third-order valence-electron chi connectivity index (χ3n) is 5.09. The summed E-state index contributed by atoms with van der Waals surface area (Å²) >= 11 is 6.04. The lowest BCUT2D eigenvalue weighted by molar-refractivity contribution is 0.0694. The summed E-state index contributed by atoms with van der Waals surface area (Å²) in [5, 5.41) is 11.5. The predicted molar refractivity (Wildman–Crippen MR) is 137 cm³/mol. The van der Waals surface area contributed by atoms with Crippen LogP contribution in [-0.4, -0.2) is 35.3 Å². The number of para-hydroxylation sites is 1. The van der Waals surface area contributed by atoms with Crippen molar-refractivity contribution in [3.05, 3.63) is 65.0 Å². The molecule has 0 radical (unpaired) electrons. The van der Waals surface area contributed by atoms with E-state index in [1.807, 2.05) is 42.5 Å². The SMILES string of the molecule is CN=C(NCCc1nc(-c2cccc(Cl)c2)no1)NC1CC(C)(C)Oc2ccccc21.I. The van der Waals surface area contributed by atoms with Crippen LogP contribution in [0.5, 0.6) is 5.75 Å². The number of hydrogen-bond acceptors (Lipinski definition) is 5. The molecule has 2 heterocycles. The monoisotopic (exact) mass is 567 g/mol. The topological polar surface area (TPSA) is 84.6 Å². The molecule has 4 rings (SSSR count). The maximum atomic E-state index is 6.11. The van der Waals surface area contributed by atoms with E-state index in [1.54, 1.807) is 7.05 Å². The average Bonchev–Trinajstić information content (AvgIpc) is 3.21. The molecule has 0 bridgehead atoms. The number of benzene rings is 2. The molecule has 0 aliphatic carbocycles. The van der Waals surface area contributed by atoms with Crippen LogP contribution in [0.2, 0.25) is 5.02 Å². The third-order valence-corrected chi connectivity index (χ3v) is 5.33. The van der Waals surface area contributed by atoms with Gasteiger partial charge in [-0.1, -0.05) is 47.1 Å². The molecule has 0 fully saturated rings. The van der Waals surface area contributed by atoms with Crippen molar-refractivity contribution >= 4 is 41.5 Å². The molecule has 170 valence electrons. The second-order valence-electron chi connectivity index (χ2n) is 8.07. The number of rotatable bonds is 5. The number of ether oxygens (including phenoxy) is 1. The second-order valence-corrected chi connectivity index (χ2v) is 8.51. The van der Waals surface area contributed by atoms with Crippen LogP contribution in [0.3, 0.4) is 0 Å². The van der Waals surface area contributed by atoms with Crippen molar-refractivity contribution < 1.29 is 9.26 Å². The molecule has 0 spiro atoms. The van der Waals surface area contributed by atoms with E-state index in [4.69, 9.17) is 20.9 Å². The third kappa shape index (κ3) is 5.92. The number of hydrogen-bond donors (Lipinski definition) is 2. The van der Waals surface area contributed by atoms with E-state index in [-0.39, 0.29) is 35.6 Å². The van der Waals surface area contributed by atoms with E-state index in [1.165, 1.54) is 0 Å². The van der Waals surface area contributed by atoms with Crippen LogP contribution in [0.1, 0.15) is 37.8 Å². The van der Waals surface area contributed by atoms with Gasteiger partial charge in [0.1, 0.15) is 11.4 Å². The normalized spacial score (nSPS) is 17.0. The summed E-state index contributed by atoms with van der Waals surface area (Å²) < 4.78 is 11.5. The second kappa shape index (κ2) is 10.5. The van der Waals surface area contributed by atoms with Gasteiger partial charge in [0, 0.05) is 42.6 Å². The first kappa shape index (κ1) is 24.3. The summed E-state index contributed by atoms with van der Waals surface area (Å²) in [5.41, 5.74) is 1.70. The average molecular weight is 568 g/mol. The molecule has 3 aromatic rings. The molecule has 0 saturated carbocycles. The van der Waals surface area contributed by atoms with Gasteiger partial charge in [-0.05, 0) is 32.0 Å². The fourth-order valence-electron chi connectivity index (χ4n) is 3.68. The van der Waals surface area contributed by atoms with Gasteiger partial charge in [-0.3, -0.25) is 4.99 Å². The Balaban J connectivity index is 0.00000289. The number of guanidine groups is 1. The van der Waals surface area contributed by atoms with E-state index in [9.17, 15) is 0 Å². The van der Waals surface area contributed by atoms with Crippen molar-refractivity contribution in [3.8, 4) is 17.1 Å². The first-order chi connectivity index (χ1) is 14.9. The summed E-state index contributed by atoms with van der Waals surface area (Å²) in [7, 11) is 1.76. The van der Waals surface area contributed by atoms with Crippen LogP contribution >= 0.6 is 35.6 Å². The maximum absolute atomic E-state index is 6.11. The Morgan fingerprint density at radius 2 is 2.03 bits per heavy atom. The van der Waals surface area contributed by atoms with E-state index in [0.717, 1.165) is 23.3 Å². The number of nitrogens with zero attached hydrogens (tertiary/aromatic N) is 3. The molecule has 1 unspecified atom stereocenters. The Hall–Kier alpha value is -2.33. The summed E-state index contributed by atoms with van der Waals surface area (Å²) in [4.78, 5) is 8.82. The Morgan fingerprint density at radius 3 is 2.81 bits per heavy atom. The van der Waals surface area contributed by atoms with Crippen LogP contribution in [-0.2, 0) is 6.42 Å². The van der Waals surface area contributed by atoms with Gasteiger partial charge >= 0.3 is 0 Å². The standard InChI is InChI=1S/C23H26ClN5O2.HI/c1-23(2)14-18(17-9-4-5-10-19(17)30-23)27-22(25-3)26-12-11-20-28-21(29-31-20)15-7-6-8-16(24)13-15;/h4-10,13,18H,11-12,14H2,1-3H3,(H2,25,26,27);1H. The van der Waals surface area contributed by atoms with Crippen molar-refractivity contribution in [1.82, 2.24) is 20.8 Å². The molecule has 2 aromatic carbocycles. The van der Waals surface area contributed by atoms with Crippen molar-refractivity contribution in [2.24, 2.45) is 4.99 Å². The Morgan fingerprint density at radius 1 is 1.22 bits per heavy atom. The molecule has 32 heavy (non-hydrogen) atoms. The van der Waals surface area contributed by atoms with E-state index < -0.39 is 0 Å². The minimum atomic E-state index is -0.259. The molecule has 1 aliphatic heterocycles. The molecule has 1 aromatic heterocycles. The van der Waals surface area contributed by atoms with Crippen LogP contribution in [0.25, 0.3) is 11.4 Å². The number of halogens is 2. The molecule has 2 N–H and O–H groups in total. The molecule has 1 aliphatic rings. The first-order valence-corrected chi connectivity index (χ1v) is 10.6. The van der Waals surface area contributed by atoms with Gasteiger partial charge < -0.3 is 19.9 Å². The fourth-order valence-corrected chi connectivity index (χ4v) is 3.87. The van der Waals surface area contributed by atoms with Crippen LogP contribution < -0.4 is 15.4 Å². The zero-order valence-electron chi connectivity index (χ0n) is 18.3. The van der Waals surface area contributed by atoms with Crippen LogP contribution in [0, 0.1) is 0 Å². The van der Waals surface area contributed by atoms with E-state index in [0.29, 0.717) is 35.7 Å². The molecule has 7 nitrogen and oxygen atoms in total. The van der Waals surface area contributed by atoms with Crippen molar-refractivity contribution in [2.45, 2.75) is 38.3 Å². The molecule has 0 amide bonds. The van der Waals surface area contributed by atoms with Gasteiger partial charge in [0.15, 0.2) is 5.96 Å². The number of aliphatic imine (C=N–C) groups is 1. The van der Waals surface area contributed by atoms with Gasteiger partial charge in [0.25, 0.3) is 0 Å².